The average Bonchev–Trinajstić information content (AvgIpc) is 3.38. The lowest BCUT2D eigenvalue weighted by molar-refractivity contribution is -0.125. The zero-order chi connectivity index (χ0) is 18.8. The van der Waals surface area contributed by atoms with E-state index in [1.807, 2.05) is 47.4 Å². The van der Waals surface area contributed by atoms with Crippen LogP contribution in [-0.2, 0) is 9.59 Å². The molecule has 1 amide bonds. The van der Waals surface area contributed by atoms with E-state index >= 15 is 0 Å². The highest BCUT2D eigenvalue weighted by molar-refractivity contribution is 6.40. The summed E-state index contributed by atoms with van der Waals surface area (Å²) in [5.74, 6) is -0.0117. The molecule has 2 aromatic rings. The SMILES string of the molecule is CC(=O)C1CC(C(=O)N2CCC(n3cccc3)CC2)=NN1c1ccccc1. The topological polar surface area (TPSA) is 57.9 Å². The predicted octanol–water partition coefficient (Wildman–Crippen LogP) is 2.88. The number of amides is 1. The van der Waals surface area contributed by atoms with Crippen LogP contribution in [0.3, 0.4) is 0 Å². The fraction of sp³-hybridized carbons (Fsp3) is 0.381. The molecule has 140 valence electrons. The molecule has 1 aromatic carbocycles. The molecule has 3 heterocycles. The Kier molecular flexibility index (Phi) is 4.79. The summed E-state index contributed by atoms with van der Waals surface area (Å²) in [7, 11) is 0. The van der Waals surface area contributed by atoms with Crippen molar-refractivity contribution in [1.29, 1.82) is 0 Å². The molecular weight excluding hydrogens is 340 g/mol. The highest BCUT2D eigenvalue weighted by Crippen LogP contribution is 2.27. The monoisotopic (exact) mass is 364 g/mol. The molecule has 6 nitrogen and oxygen atoms in total. The summed E-state index contributed by atoms with van der Waals surface area (Å²) < 4.78 is 2.22. The maximum atomic E-state index is 13.0. The Balaban J connectivity index is 1.46. The van der Waals surface area contributed by atoms with E-state index in [4.69, 9.17) is 0 Å². The van der Waals surface area contributed by atoms with E-state index in [-0.39, 0.29) is 11.7 Å². The van der Waals surface area contributed by atoms with Gasteiger partial charge in [0.15, 0.2) is 5.78 Å². The third-order valence-corrected chi connectivity index (χ3v) is 5.45. The molecule has 0 saturated carbocycles. The van der Waals surface area contributed by atoms with Crippen molar-refractivity contribution in [2.45, 2.75) is 38.3 Å². The first-order chi connectivity index (χ1) is 13.1. The molecule has 0 radical (unpaired) electrons. The maximum Gasteiger partial charge on any atom is 0.270 e. The highest BCUT2D eigenvalue weighted by atomic mass is 16.2. The van der Waals surface area contributed by atoms with E-state index in [1.54, 1.807) is 11.9 Å². The molecule has 4 rings (SSSR count). The number of aromatic nitrogens is 1. The lowest BCUT2D eigenvalue weighted by atomic mass is 10.0. The van der Waals surface area contributed by atoms with Crippen LogP contribution in [0.2, 0.25) is 0 Å². The van der Waals surface area contributed by atoms with Gasteiger partial charge in [0.2, 0.25) is 0 Å². The molecule has 1 unspecified atom stereocenters. The first-order valence-corrected chi connectivity index (χ1v) is 9.47. The molecule has 2 aliphatic heterocycles. The Morgan fingerprint density at radius 2 is 1.67 bits per heavy atom. The summed E-state index contributed by atoms with van der Waals surface area (Å²) in [5.41, 5.74) is 1.32. The van der Waals surface area contributed by atoms with E-state index in [0.717, 1.165) is 31.6 Å². The van der Waals surface area contributed by atoms with Gasteiger partial charge >= 0.3 is 0 Å². The molecule has 0 aliphatic carbocycles. The largest absolute Gasteiger partial charge is 0.351 e. The van der Waals surface area contributed by atoms with Gasteiger partial charge in [0.05, 0.1) is 5.69 Å². The lowest BCUT2D eigenvalue weighted by Gasteiger charge is -2.32. The number of rotatable bonds is 4. The Bertz CT molecular complexity index is 836. The van der Waals surface area contributed by atoms with Gasteiger partial charge in [-0.15, -0.1) is 0 Å². The van der Waals surface area contributed by atoms with Crippen LogP contribution in [0.5, 0.6) is 0 Å². The molecule has 1 atom stereocenters. The minimum Gasteiger partial charge on any atom is -0.351 e. The van der Waals surface area contributed by atoms with Crippen LogP contribution in [-0.4, -0.2) is 46.0 Å². The molecule has 1 saturated heterocycles. The zero-order valence-corrected chi connectivity index (χ0v) is 15.5. The van der Waals surface area contributed by atoms with Crippen LogP contribution in [0, 0.1) is 0 Å². The molecule has 0 bridgehead atoms. The van der Waals surface area contributed by atoms with Crippen LogP contribution in [0.25, 0.3) is 0 Å². The number of benzene rings is 1. The van der Waals surface area contributed by atoms with Crippen molar-refractivity contribution in [3.8, 4) is 0 Å². The lowest BCUT2D eigenvalue weighted by Crippen LogP contribution is -2.42. The fourth-order valence-corrected chi connectivity index (χ4v) is 3.92. The maximum absolute atomic E-state index is 13.0. The highest BCUT2D eigenvalue weighted by Gasteiger charge is 2.36. The third-order valence-electron chi connectivity index (χ3n) is 5.45. The van der Waals surface area contributed by atoms with Gasteiger partial charge in [-0.3, -0.25) is 14.6 Å². The molecule has 1 aromatic heterocycles. The summed E-state index contributed by atoms with van der Waals surface area (Å²) >= 11 is 0. The van der Waals surface area contributed by atoms with Crippen molar-refractivity contribution in [1.82, 2.24) is 9.47 Å². The Morgan fingerprint density at radius 1 is 1.00 bits per heavy atom. The van der Waals surface area contributed by atoms with Gasteiger partial charge in [-0.05, 0) is 44.0 Å². The number of hydrogen-bond acceptors (Lipinski definition) is 4. The van der Waals surface area contributed by atoms with Gasteiger partial charge in [0.25, 0.3) is 5.91 Å². The van der Waals surface area contributed by atoms with Crippen molar-refractivity contribution < 1.29 is 9.59 Å². The van der Waals surface area contributed by atoms with Gasteiger partial charge in [-0.25, -0.2) is 0 Å². The first-order valence-electron chi connectivity index (χ1n) is 9.47. The van der Waals surface area contributed by atoms with Crippen molar-refractivity contribution in [2.24, 2.45) is 5.10 Å². The fourth-order valence-electron chi connectivity index (χ4n) is 3.92. The van der Waals surface area contributed by atoms with Crippen LogP contribution in [0.15, 0.2) is 60.0 Å². The number of piperidine rings is 1. The Hall–Kier alpha value is -2.89. The Labute approximate surface area is 159 Å². The van der Waals surface area contributed by atoms with Crippen LogP contribution in [0.4, 0.5) is 5.69 Å². The van der Waals surface area contributed by atoms with Gasteiger partial charge in [-0.2, -0.15) is 5.10 Å². The summed E-state index contributed by atoms with van der Waals surface area (Å²) in [6.45, 7) is 3.00. The minimum absolute atomic E-state index is 0.0247. The van der Waals surface area contributed by atoms with E-state index < -0.39 is 6.04 Å². The number of ketones is 1. The van der Waals surface area contributed by atoms with Crippen LogP contribution >= 0.6 is 0 Å². The average molecular weight is 364 g/mol. The molecular formula is C21H24N4O2. The molecule has 27 heavy (non-hydrogen) atoms. The van der Waals surface area contributed by atoms with Crippen LogP contribution < -0.4 is 5.01 Å². The molecule has 0 N–H and O–H groups in total. The minimum atomic E-state index is -0.399. The number of Topliss-reactive ketones (excluding diaryl/α,β-unsaturated/α-hetero) is 1. The van der Waals surface area contributed by atoms with E-state index in [2.05, 4.69) is 22.1 Å². The number of nitrogens with zero attached hydrogens (tertiary/aromatic N) is 4. The van der Waals surface area contributed by atoms with Crippen LogP contribution in [0.1, 0.15) is 32.2 Å². The second-order valence-corrected chi connectivity index (χ2v) is 7.21. The number of hydrazone groups is 1. The van der Waals surface area contributed by atoms with Crippen molar-refractivity contribution in [2.75, 3.05) is 18.1 Å². The summed E-state index contributed by atoms with van der Waals surface area (Å²) in [6.07, 6.45) is 6.41. The normalized spacial score (nSPS) is 20.6. The summed E-state index contributed by atoms with van der Waals surface area (Å²) in [5, 5.41) is 6.23. The molecule has 1 fully saturated rings. The number of carbonyl (C=O) groups excluding carboxylic acids is 2. The summed E-state index contributed by atoms with van der Waals surface area (Å²) in [4.78, 5) is 27.0. The molecule has 0 spiro atoms. The van der Waals surface area contributed by atoms with Gasteiger partial charge in [0, 0.05) is 37.9 Å². The standard InChI is InChI=1S/C21H24N4O2/c1-16(26)20-15-19(22-25(20)18-7-3-2-4-8-18)21(27)24-13-9-17(10-14-24)23-11-5-6-12-23/h2-8,11-12,17,20H,9-10,13-15H2,1H3. The predicted molar refractivity (Wildman–Crippen MR) is 105 cm³/mol. The van der Waals surface area contributed by atoms with Gasteiger partial charge in [-0.1, -0.05) is 18.2 Å². The number of anilines is 1. The second kappa shape index (κ2) is 7.39. The first kappa shape index (κ1) is 17.5. The van der Waals surface area contributed by atoms with Gasteiger partial charge in [0.1, 0.15) is 11.8 Å². The molecule has 6 heteroatoms. The van der Waals surface area contributed by atoms with E-state index in [1.165, 1.54) is 0 Å². The Morgan fingerprint density at radius 3 is 2.30 bits per heavy atom. The quantitative estimate of drug-likeness (QED) is 0.838. The van der Waals surface area contributed by atoms with Crippen molar-refractivity contribution >= 4 is 23.1 Å². The second-order valence-electron chi connectivity index (χ2n) is 7.21. The van der Waals surface area contributed by atoms with Crippen molar-refractivity contribution in [3.05, 3.63) is 54.9 Å². The summed E-state index contributed by atoms with van der Waals surface area (Å²) in [6, 6.07) is 13.7. The van der Waals surface area contributed by atoms with Crippen molar-refractivity contribution in [3.63, 3.8) is 0 Å². The molecule has 2 aliphatic rings. The zero-order valence-electron chi connectivity index (χ0n) is 15.5. The smallest absolute Gasteiger partial charge is 0.270 e. The third kappa shape index (κ3) is 3.52. The number of para-hydroxylation sites is 1. The number of likely N-dealkylation sites (tertiary alicyclic amines) is 1. The number of hydrogen-bond donors (Lipinski definition) is 0. The van der Waals surface area contributed by atoms with Gasteiger partial charge < -0.3 is 9.47 Å². The van der Waals surface area contributed by atoms with E-state index in [0.29, 0.717) is 18.2 Å². The van der Waals surface area contributed by atoms with E-state index in [9.17, 15) is 9.59 Å². The number of carbonyl (C=O) groups is 2.